The number of nitrogens with two attached hydrogens (primary N) is 1. The summed E-state index contributed by atoms with van der Waals surface area (Å²) in [7, 11) is -3.32. The zero-order valence-electron chi connectivity index (χ0n) is 10.8. The number of sulfonamides is 1. The molecule has 0 spiro atoms. The third-order valence-corrected chi connectivity index (χ3v) is 7.20. The number of hydrogen-bond acceptors (Lipinski definition) is 4. The van der Waals surface area contributed by atoms with Crippen molar-refractivity contribution in [2.24, 2.45) is 5.73 Å². The number of aryl methyl sites for hydroxylation is 1. The van der Waals surface area contributed by atoms with Gasteiger partial charge in [0, 0.05) is 24.0 Å². The van der Waals surface area contributed by atoms with Crippen LogP contribution in [0, 0.1) is 6.92 Å². The van der Waals surface area contributed by atoms with Crippen molar-refractivity contribution in [3.8, 4) is 0 Å². The minimum atomic E-state index is -3.32. The Balaban J connectivity index is 2.35. The smallest absolute Gasteiger partial charge is 0.252 e. The molecule has 0 bridgehead atoms. The Labute approximate surface area is 113 Å². The second-order valence-electron chi connectivity index (χ2n) is 4.70. The SMILES string of the molecule is CCC1CCCN1S(=O)(=O)c1cc(C)c(CN)s1. The molecule has 1 aromatic heterocycles. The quantitative estimate of drug-likeness (QED) is 0.922. The molecule has 6 heteroatoms. The number of rotatable bonds is 4. The zero-order chi connectivity index (χ0) is 13.3. The second-order valence-corrected chi connectivity index (χ2v) is 7.95. The number of hydrogen-bond donors (Lipinski definition) is 1. The van der Waals surface area contributed by atoms with Crippen molar-refractivity contribution >= 4 is 21.4 Å². The minimum Gasteiger partial charge on any atom is -0.326 e. The van der Waals surface area contributed by atoms with Crippen LogP contribution < -0.4 is 5.73 Å². The van der Waals surface area contributed by atoms with Crippen molar-refractivity contribution in [3.05, 3.63) is 16.5 Å². The minimum absolute atomic E-state index is 0.165. The van der Waals surface area contributed by atoms with Gasteiger partial charge in [-0.1, -0.05) is 6.92 Å². The first-order chi connectivity index (χ1) is 8.50. The normalized spacial score (nSPS) is 21.6. The van der Waals surface area contributed by atoms with Gasteiger partial charge >= 0.3 is 0 Å². The van der Waals surface area contributed by atoms with E-state index in [4.69, 9.17) is 5.73 Å². The summed E-state index contributed by atoms with van der Waals surface area (Å²) in [6, 6.07) is 1.92. The van der Waals surface area contributed by atoms with E-state index < -0.39 is 10.0 Å². The Morgan fingerprint density at radius 2 is 2.28 bits per heavy atom. The van der Waals surface area contributed by atoms with Crippen LogP contribution in [-0.2, 0) is 16.6 Å². The van der Waals surface area contributed by atoms with Gasteiger partial charge in [0.1, 0.15) is 4.21 Å². The van der Waals surface area contributed by atoms with E-state index >= 15 is 0 Å². The molecule has 0 aromatic carbocycles. The summed E-state index contributed by atoms with van der Waals surface area (Å²) in [5, 5.41) is 0. The van der Waals surface area contributed by atoms with Gasteiger partial charge in [-0.05, 0) is 37.8 Å². The van der Waals surface area contributed by atoms with Crippen molar-refractivity contribution < 1.29 is 8.42 Å². The molecule has 0 aliphatic carbocycles. The maximum Gasteiger partial charge on any atom is 0.252 e. The lowest BCUT2D eigenvalue weighted by Gasteiger charge is -2.21. The van der Waals surface area contributed by atoms with E-state index in [0.717, 1.165) is 29.7 Å². The molecule has 2 rings (SSSR count). The van der Waals surface area contributed by atoms with E-state index in [1.807, 2.05) is 13.8 Å². The Hall–Kier alpha value is -0.430. The van der Waals surface area contributed by atoms with Crippen molar-refractivity contribution in [2.75, 3.05) is 6.54 Å². The summed E-state index contributed by atoms with van der Waals surface area (Å²) in [4.78, 5) is 0.959. The highest BCUT2D eigenvalue weighted by atomic mass is 32.2. The van der Waals surface area contributed by atoms with Gasteiger partial charge in [0.2, 0.25) is 0 Å². The summed E-state index contributed by atoms with van der Waals surface area (Å²) in [6.45, 7) is 5.02. The molecule has 0 amide bonds. The van der Waals surface area contributed by atoms with E-state index in [1.54, 1.807) is 10.4 Å². The van der Waals surface area contributed by atoms with Crippen LogP contribution >= 0.6 is 11.3 Å². The molecule has 1 aromatic rings. The highest BCUT2D eigenvalue weighted by Gasteiger charge is 2.35. The monoisotopic (exact) mass is 288 g/mol. The molecule has 18 heavy (non-hydrogen) atoms. The van der Waals surface area contributed by atoms with Crippen LogP contribution in [0.1, 0.15) is 36.6 Å². The molecular weight excluding hydrogens is 268 g/mol. The maximum atomic E-state index is 12.6. The molecule has 0 saturated carbocycles. The Morgan fingerprint density at radius 3 is 2.83 bits per heavy atom. The van der Waals surface area contributed by atoms with Gasteiger partial charge < -0.3 is 5.73 Å². The third kappa shape index (κ3) is 2.34. The fourth-order valence-electron chi connectivity index (χ4n) is 2.47. The van der Waals surface area contributed by atoms with Crippen LogP contribution in [0.2, 0.25) is 0 Å². The Kier molecular flexibility index (Phi) is 4.11. The topological polar surface area (TPSA) is 63.4 Å². The summed E-state index contributed by atoms with van der Waals surface area (Å²) < 4.78 is 27.3. The molecule has 1 unspecified atom stereocenters. The first-order valence-electron chi connectivity index (χ1n) is 6.32. The van der Waals surface area contributed by atoms with Crippen LogP contribution in [0.15, 0.2) is 10.3 Å². The lowest BCUT2D eigenvalue weighted by Crippen LogP contribution is -2.34. The van der Waals surface area contributed by atoms with Gasteiger partial charge in [-0.3, -0.25) is 0 Å². The standard InChI is InChI=1S/C12H20N2O2S2/c1-3-10-5-4-6-14(10)18(15,16)12-7-9(2)11(8-13)17-12/h7,10H,3-6,8,13H2,1-2H3. The molecular formula is C12H20N2O2S2. The molecule has 1 saturated heterocycles. The van der Waals surface area contributed by atoms with Crippen molar-refractivity contribution in [1.29, 1.82) is 0 Å². The molecule has 2 N–H and O–H groups in total. The maximum absolute atomic E-state index is 12.6. The molecule has 2 heterocycles. The second kappa shape index (κ2) is 5.28. The molecule has 4 nitrogen and oxygen atoms in total. The molecule has 1 fully saturated rings. The van der Waals surface area contributed by atoms with Crippen molar-refractivity contribution in [2.45, 2.75) is 49.9 Å². The molecule has 0 radical (unpaired) electrons. The average Bonchev–Trinajstić information content (AvgIpc) is 2.94. The lowest BCUT2D eigenvalue weighted by atomic mass is 10.2. The van der Waals surface area contributed by atoms with E-state index in [-0.39, 0.29) is 6.04 Å². The predicted molar refractivity (Wildman–Crippen MR) is 74.2 cm³/mol. The summed E-state index contributed by atoms with van der Waals surface area (Å²) in [6.07, 6.45) is 2.82. The van der Waals surface area contributed by atoms with Crippen LogP contribution in [0.25, 0.3) is 0 Å². The van der Waals surface area contributed by atoms with Crippen LogP contribution in [0.5, 0.6) is 0 Å². The fraction of sp³-hybridized carbons (Fsp3) is 0.667. The first-order valence-corrected chi connectivity index (χ1v) is 8.57. The predicted octanol–water partition coefficient (Wildman–Crippen LogP) is 2.08. The van der Waals surface area contributed by atoms with Gasteiger partial charge in [0.15, 0.2) is 0 Å². The molecule has 1 aliphatic heterocycles. The van der Waals surface area contributed by atoms with Crippen LogP contribution in [0.3, 0.4) is 0 Å². The summed E-state index contributed by atoms with van der Waals surface area (Å²) in [5.74, 6) is 0. The third-order valence-electron chi connectivity index (χ3n) is 3.54. The fourth-order valence-corrected chi connectivity index (χ4v) is 5.83. The molecule has 102 valence electrons. The van der Waals surface area contributed by atoms with Gasteiger partial charge in [-0.15, -0.1) is 11.3 Å². The average molecular weight is 288 g/mol. The Bertz CT molecular complexity index is 522. The Morgan fingerprint density at radius 1 is 1.56 bits per heavy atom. The van der Waals surface area contributed by atoms with Crippen LogP contribution in [0.4, 0.5) is 0 Å². The summed E-state index contributed by atoms with van der Waals surface area (Å²) in [5.41, 5.74) is 6.60. The zero-order valence-corrected chi connectivity index (χ0v) is 12.5. The van der Waals surface area contributed by atoms with E-state index in [0.29, 0.717) is 17.3 Å². The molecule has 1 atom stereocenters. The van der Waals surface area contributed by atoms with E-state index in [2.05, 4.69) is 0 Å². The number of nitrogens with zero attached hydrogens (tertiary/aromatic N) is 1. The highest BCUT2D eigenvalue weighted by Crippen LogP contribution is 2.32. The first kappa shape index (κ1) is 14.0. The van der Waals surface area contributed by atoms with Crippen molar-refractivity contribution in [3.63, 3.8) is 0 Å². The number of thiophene rings is 1. The van der Waals surface area contributed by atoms with E-state index in [1.165, 1.54) is 11.3 Å². The molecule has 1 aliphatic rings. The van der Waals surface area contributed by atoms with Crippen LogP contribution in [-0.4, -0.2) is 25.3 Å². The van der Waals surface area contributed by atoms with Gasteiger partial charge in [-0.2, -0.15) is 4.31 Å². The lowest BCUT2D eigenvalue weighted by molar-refractivity contribution is 0.380. The highest BCUT2D eigenvalue weighted by molar-refractivity contribution is 7.91. The van der Waals surface area contributed by atoms with Gasteiger partial charge in [0.05, 0.1) is 0 Å². The summed E-state index contributed by atoms with van der Waals surface area (Å²) >= 11 is 1.31. The van der Waals surface area contributed by atoms with E-state index in [9.17, 15) is 8.42 Å². The van der Waals surface area contributed by atoms with Crippen molar-refractivity contribution in [1.82, 2.24) is 4.31 Å². The largest absolute Gasteiger partial charge is 0.326 e. The van der Waals surface area contributed by atoms with Gasteiger partial charge in [0.25, 0.3) is 10.0 Å². The van der Waals surface area contributed by atoms with Gasteiger partial charge in [-0.25, -0.2) is 8.42 Å².